The van der Waals surface area contributed by atoms with Crippen LogP contribution in [0.15, 0.2) is 59.8 Å². The molecule has 1 unspecified atom stereocenters. The molecule has 2 N–H and O–H groups in total. The van der Waals surface area contributed by atoms with Gasteiger partial charge in [-0.2, -0.15) is 0 Å². The Kier molecular flexibility index (Phi) is 4.95. The minimum Gasteiger partial charge on any atom is -0.389 e. The molecular weight excluding hydrogens is 324 g/mol. The van der Waals surface area contributed by atoms with Crippen molar-refractivity contribution in [1.29, 1.82) is 0 Å². The van der Waals surface area contributed by atoms with Gasteiger partial charge in [-0.15, -0.1) is 5.10 Å². The standard InChI is InChI=1S/C16H16N6O3/c23-14(10-21-7-2-1-6-15(21)24)9-17-16(25)12-4-3-5-13(8-12)22-11-18-19-20-22/h1-8,11,14,23H,9-10H2,(H,17,25). The van der Waals surface area contributed by atoms with Gasteiger partial charge in [0.1, 0.15) is 6.33 Å². The highest BCUT2D eigenvalue weighted by Gasteiger charge is 2.11. The Labute approximate surface area is 142 Å². The molecule has 0 saturated heterocycles. The maximum atomic E-state index is 12.2. The van der Waals surface area contributed by atoms with E-state index >= 15 is 0 Å². The van der Waals surface area contributed by atoms with E-state index in [1.54, 1.807) is 42.6 Å². The maximum Gasteiger partial charge on any atom is 0.251 e. The molecule has 9 heteroatoms. The third-order valence-corrected chi connectivity index (χ3v) is 3.53. The van der Waals surface area contributed by atoms with Gasteiger partial charge in [0.25, 0.3) is 11.5 Å². The average Bonchev–Trinajstić information content (AvgIpc) is 3.16. The van der Waals surface area contributed by atoms with E-state index in [9.17, 15) is 14.7 Å². The number of tetrazole rings is 1. The number of carbonyl (C=O) groups is 1. The summed E-state index contributed by atoms with van der Waals surface area (Å²) < 4.78 is 2.82. The summed E-state index contributed by atoms with van der Waals surface area (Å²) in [6, 6.07) is 11.5. The van der Waals surface area contributed by atoms with Gasteiger partial charge in [-0.3, -0.25) is 9.59 Å². The van der Waals surface area contributed by atoms with Gasteiger partial charge in [0.15, 0.2) is 0 Å². The summed E-state index contributed by atoms with van der Waals surface area (Å²) in [7, 11) is 0. The number of aliphatic hydroxyl groups is 1. The molecule has 1 atom stereocenters. The van der Waals surface area contributed by atoms with Crippen molar-refractivity contribution in [3.8, 4) is 5.69 Å². The van der Waals surface area contributed by atoms with Gasteiger partial charge in [0, 0.05) is 24.4 Å². The van der Waals surface area contributed by atoms with Gasteiger partial charge in [0.05, 0.1) is 18.3 Å². The summed E-state index contributed by atoms with van der Waals surface area (Å²) in [6.07, 6.45) is 2.13. The van der Waals surface area contributed by atoms with Gasteiger partial charge in [-0.25, -0.2) is 4.68 Å². The fourth-order valence-electron chi connectivity index (χ4n) is 2.28. The van der Waals surface area contributed by atoms with Crippen LogP contribution in [0.3, 0.4) is 0 Å². The maximum absolute atomic E-state index is 12.2. The number of hydrogen-bond acceptors (Lipinski definition) is 6. The zero-order chi connectivity index (χ0) is 17.6. The molecule has 128 valence electrons. The molecule has 0 saturated carbocycles. The SMILES string of the molecule is O=C(NCC(O)Cn1ccccc1=O)c1cccc(-n2cnnn2)c1. The molecule has 1 aromatic carbocycles. The lowest BCUT2D eigenvalue weighted by molar-refractivity contribution is 0.0903. The van der Waals surface area contributed by atoms with Gasteiger partial charge < -0.3 is 15.0 Å². The van der Waals surface area contributed by atoms with Crippen LogP contribution in [0.2, 0.25) is 0 Å². The number of aliphatic hydroxyl groups excluding tert-OH is 1. The average molecular weight is 340 g/mol. The van der Waals surface area contributed by atoms with Crippen LogP contribution in [0.25, 0.3) is 5.69 Å². The highest BCUT2D eigenvalue weighted by molar-refractivity contribution is 5.94. The largest absolute Gasteiger partial charge is 0.389 e. The van der Waals surface area contributed by atoms with Crippen molar-refractivity contribution in [2.45, 2.75) is 12.6 Å². The summed E-state index contributed by atoms with van der Waals surface area (Å²) >= 11 is 0. The van der Waals surface area contributed by atoms with E-state index in [0.717, 1.165) is 0 Å². The molecule has 3 rings (SSSR count). The first-order valence-electron chi connectivity index (χ1n) is 7.58. The van der Waals surface area contributed by atoms with Crippen molar-refractivity contribution in [3.05, 3.63) is 70.9 Å². The van der Waals surface area contributed by atoms with E-state index in [1.807, 2.05) is 0 Å². The Balaban J connectivity index is 1.60. The van der Waals surface area contributed by atoms with Crippen LogP contribution in [-0.4, -0.2) is 48.4 Å². The zero-order valence-corrected chi connectivity index (χ0v) is 13.2. The van der Waals surface area contributed by atoms with Crippen molar-refractivity contribution in [2.75, 3.05) is 6.54 Å². The smallest absolute Gasteiger partial charge is 0.251 e. The van der Waals surface area contributed by atoms with Crippen molar-refractivity contribution >= 4 is 5.91 Å². The molecular formula is C16H16N6O3. The lowest BCUT2D eigenvalue weighted by Crippen LogP contribution is -2.36. The molecule has 0 radical (unpaired) electrons. The van der Waals surface area contributed by atoms with E-state index < -0.39 is 6.10 Å². The topological polar surface area (TPSA) is 115 Å². The van der Waals surface area contributed by atoms with E-state index in [2.05, 4.69) is 20.8 Å². The van der Waals surface area contributed by atoms with E-state index in [-0.39, 0.29) is 24.6 Å². The Morgan fingerprint density at radius 2 is 2.12 bits per heavy atom. The number of nitrogens with one attached hydrogen (secondary N) is 1. The molecule has 0 bridgehead atoms. The van der Waals surface area contributed by atoms with Crippen LogP contribution < -0.4 is 10.9 Å². The zero-order valence-electron chi connectivity index (χ0n) is 13.2. The number of carbonyl (C=O) groups excluding carboxylic acids is 1. The highest BCUT2D eigenvalue weighted by atomic mass is 16.3. The molecule has 1 amide bonds. The van der Waals surface area contributed by atoms with Crippen molar-refractivity contribution in [1.82, 2.24) is 30.1 Å². The molecule has 0 aliphatic rings. The number of rotatable bonds is 6. The van der Waals surface area contributed by atoms with Gasteiger partial charge in [0.2, 0.25) is 0 Å². The quantitative estimate of drug-likeness (QED) is 0.632. The first-order chi connectivity index (χ1) is 12.1. The molecule has 2 aromatic heterocycles. The molecule has 0 aliphatic carbocycles. The third kappa shape index (κ3) is 4.15. The summed E-state index contributed by atoms with van der Waals surface area (Å²) in [5, 5.41) is 23.5. The monoisotopic (exact) mass is 340 g/mol. The summed E-state index contributed by atoms with van der Waals surface area (Å²) in [4.78, 5) is 23.8. The van der Waals surface area contributed by atoms with Crippen LogP contribution in [-0.2, 0) is 6.54 Å². The third-order valence-electron chi connectivity index (χ3n) is 3.53. The molecule has 0 aliphatic heterocycles. The van der Waals surface area contributed by atoms with Gasteiger partial charge in [-0.1, -0.05) is 12.1 Å². The predicted molar refractivity (Wildman–Crippen MR) is 88.2 cm³/mol. The fraction of sp³-hybridized carbons (Fsp3) is 0.188. The van der Waals surface area contributed by atoms with Crippen LogP contribution in [0.4, 0.5) is 0 Å². The van der Waals surface area contributed by atoms with Crippen molar-refractivity contribution in [3.63, 3.8) is 0 Å². The van der Waals surface area contributed by atoms with Crippen LogP contribution >= 0.6 is 0 Å². The Morgan fingerprint density at radius 1 is 1.24 bits per heavy atom. The Bertz CT molecular complexity index is 906. The summed E-state index contributed by atoms with van der Waals surface area (Å²) in [6.45, 7) is 0.125. The first-order valence-corrected chi connectivity index (χ1v) is 7.58. The molecule has 2 heterocycles. The molecule has 0 spiro atoms. The van der Waals surface area contributed by atoms with Gasteiger partial charge in [-0.05, 0) is 34.7 Å². The van der Waals surface area contributed by atoms with Gasteiger partial charge >= 0.3 is 0 Å². The Morgan fingerprint density at radius 3 is 2.88 bits per heavy atom. The minimum absolute atomic E-state index is 0.0231. The van der Waals surface area contributed by atoms with Crippen LogP contribution in [0.1, 0.15) is 10.4 Å². The fourth-order valence-corrected chi connectivity index (χ4v) is 2.28. The second-order valence-electron chi connectivity index (χ2n) is 5.36. The van der Waals surface area contributed by atoms with E-state index in [0.29, 0.717) is 11.3 Å². The Hall–Kier alpha value is -3.33. The van der Waals surface area contributed by atoms with E-state index in [4.69, 9.17) is 0 Å². The number of benzene rings is 1. The normalized spacial score (nSPS) is 11.9. The number of pyridine rings is 1. The lowest BCUT2D eigenvalue weighted by atomic mass is 10.2. The highest BCUT2D eigenvalue weighted by Crippen LogP contribution is 2.08. The second kappa shape index (κ2) is 7.49. The van der Waals surface area contributed by atoms with Crippen LogP contribution in [0, 0.1) is 0 Å². The number of amides is 1. The van der Waals surface area contributed by atoms with Crippen molar-refractivity contribution in [2.24, 2.45) is 0 Å². The number of hydrogen-bond donors (Lipinski definition) is 2. The van der Waals surface area contributed by atoms with Crippen molar-refractivity contribution < 1.29 is 9.90 Å². The molecule has 3 aromatic rings. The van der Waals surface area contributed by atoms with E-state index in [1.165, 1.54) is 21.6 Å². The summed E-state index contributed by atoms with van der Waals surface area (Å²) in [5.74, 6) is -0.339. The first kappa shape index (κ1) is 16.5. The molecule has 0 fully saturated rings. The molecule has 25 heavy (non-hydrogen) atoms. The number of aromatic nitrogens is 5. The van der Waals surface area contributed by atoms with Crippen LogP contribution in [0.5, 0.6) is 0 Å². The minimum atomic E-state index is -0.883. The second-order valence-corrected chi connectivity index (χ2v) is 5.36. The summed E-state index contributed by atoms with van der Waals surface area (Å²) in [5.41, 5.74) is 0.855. The number of nitrogens with zero attached hydrogens (tertiary/aromatic N) is 5. The lowest BCUT2D eigenvalue weighted by Gasteiger charge is -2.13. The predicted octanol–water partition coefficient (Wildman–Crippen LogP) is -0.385. The molecule has 9 nitrogen and oxygen atoms in total.